The topological polar surface area (TPSA) is 79.9 Å². The highest BCUT2D eigenvalue weighted by Gasteiger charge is 2.52. The van der Waals surface area contributed by atoms with Crippen LogP contribution in [0.4, 0.5) is 0 Å². The Bertz CT molecular complexity index is 634. The first-order valence-electron chi connectivity index (χ1n) is 6.88. The summed E-state index contributed by atoms with van der Waals surface area (Å²) in [6.07, 6.45) is 3.64. The molecular formula is C12H19BN6O2. The standard InChI is InChI=1S/C12H19BN6O2/c1-11(2)12(3,4)21-13(20-11)9-6-14-19(7-9)8-10-15-17-18(5)16-10/h6-7H,8H2,1-5H3. The summed E-state index contributed by atoms with van der Waals surface area (Å²) >= 11 is 0. The van der Waals surface area contributed by atoms with Gasteiger partial charge in [-0.05, 0) is 32.9 Å². The zero-order valence-electron chi connectivity index (χ0n) is 12.9. The highest BCUT2D eigenvalue weighted by Crippen LogP contribution is 2.36. The number of hydrogen-bond acceptors (Lipinski definition) is 6. The summed E-state index contributed by atoms with van der Waals surface area (Å²) in [6, 6.07) is 0. The third-order valence-electron chi connectivity index (χ3n) is 4.03. The molecule has 9 heteroatoms. The molecule has 112 valence electrons. The Labute approximate surface area is 123 Å². The first-order chi connectivity index (χ1) is 9.77. The molecule has 1 aliphatic rings. The highest BCUT2D eigenvalue weighted by atomic mass is 16.7. The first-order valence-corrected chi connectivity index (χ1v) is 6.88. The molecule has 3 heterocycles. The molecule has 8 nitrogen and oxygen atoms in total. The van der Waals surface area contributed by atoms with Gasteiger partial charge in [-0.15, -0.1) is 10.2 Å². The number of rotatable bonds is 3. The minimum Gasteiger partial charge on any atom is -0.399 e. The molecule has 0 spiro atoms. The van der Waals surface area contributed by atoms with Crippen molar-refractivity contribution in [3.05, 3.63) is 18.2 Å². The van der Waals surface area contributed by atoms with Gasteiger partial charge in [0, 0.05) is 17.9 Å². The summed E-state index contributed by atoms with van der Waals surface area (Å²) < 4.78 is 13.7. The minimum absolute atomic E-state index is 0.355. The van der Waals surface area contributed by atoms with Crippen molar-refractivity contribution in [1.82, 2.24) is 30.0 Å². The fourth-order valence-corrected chi connectivity index (χ4v) is 2.10. The van der Waals surface area contributed by atoms with E-state index in [1.54, 1.807) is 17.9 Å². The zero-order valence-corrected chi connectivity index (χ0v) is 12.9. The predicted octanol–water partition coefficient (Wildman–Crippen LogP) is -0.246. The molecule has 0 N–H and O–H groups in total. The molecule has 1 aliphatic heterocycles. The van der Waals surface area contributed by atoms with Gasteiger partial charge in [-0.3, -0.25) is 4.68 Å². The van der Waals surface area contributed by atoms with Crippen LogP contribution in [0.5, 0.6) is 0 Å². The maximum atomic E-state index is 5.99. The normalized spacial score (nSPS) is 20.1. The van der Waals surface area contributed by atoms with Crippen LogP contribution in [0, 0.1) is 0 Å². The van der Waals surface area contributed by atoms with E-state index in [0.29, 0.717) is 12.4 Å². The van der Waals surface area contributed by atoms with Crippen molar-refractivity contribution in [1.29, 1.82) is 0 Å². The number of nitrogens with zero attached hydrogens (tertiary/aromatic N) is 6. The van der Waals surface area contributed by atoms with E-state index in [1.165, 1.54) is 4.80 Å². The largest absolute Gasteiger partial charge is 0.498 e. The van der Waals surface area contributed by atoms with Crippen molar-refractivity contribution >= 4 is 12.6 Å². The lowest BCUT2D eigenvalue weighted by Crippen LogP contribution is -2.41. The van der Waals surface area contributed by atoms with Gasteiger partial charge < -0.3 is 9.31 Å². The van der Waals surface area contributed by atoms with Gasteiger partial charge in [0.05, 0.1) is 18.2 Å². The van der Waals surface area contributed by atoms with Gasteiger partial charge in [0.2, 0.25) is 0 Å². The van der Waals surface area contributed by atoms with Crippen LogP contribution in [0.1, 0.15) is 33.5 Å². The van der Waals surface area contributed by atoms with Crippen molar-refractivity contribution in [3.8, 4) is 0 Å². The third-order valence-corrected chi connectivity index (χ3v) is 4.03. The van der Waals surface area contributed by atoms with Crippen LogP contribution >= 0.6 is 0 Å². The molecule has 0 amide bonds. The van der Waals surface area contributed by atoms with Gasteiger partial charge >= 0.3 is 7.12 Å². The molecule has 1 fully saturated rings. The molecule has 2 aromatic rings. The lowest BCUT2D eigenvalue weighted by atomic mass is 9.82. The summed E-state index contributed by atoms with van der Waals surface area (Å²) in [5.74, 6) is 0.612. The number of aryl methyl sites for hydroxylation is 1. The smallest absolute Gasteiger partial charge is 0.399 e. The lowest BCUT2D eigenvalue weighted by Gasteiger charge is -2.32. The second-order valence-corrected chi connectivity index (χ2v) is 6.25. The molecule has 0 aliphatic carbocycles. The molecule has 0 atom stereocenters. The van der Waals surface area contributed by atoms with Gasteiger partial charge in [0.15, 0.2) is 5.82 Å². The van der Waals surface area contributed by atoms with Crippen molar-refractivity contribution < 1.29 is 9.31 Å². The average molecular weight is 290 g/mol. The summed E-state index contributed by atoms with van der Waals surface area (Å²) in [5, 5.41) is 16.2. The molecule has 0 radical (unpaired) electrons. The van der Waals surface area contributed by atoms with Crippen molar-refractivity contribution in [2.45, 2.75) is 45.4 Å². The molecule has 21 heavy (non-hydrogen) atoms. The molecule has 0 bridgehead atoms. The second-order valence-electron chi connectivity index (χ2n) is 6.25. The van der Waals surface area contributed by atoms with E-state index in [2.05, 4.69) is 20.5 Å². The molecule has 3 rings (SSSR count). The van der Waals surface area contributed by atoms with Crippen LogP contribution in [0.25, 0.3) is 0 Å². The molecule has 0 unspecified atom stereocenters. The van der Waals surface area contributed by atoms with E-state index < -0.39 is 7.12 Å². The first kappa shape index (κ1) is 14.2. The quantitative estimate of drug-likeness (QED) is 0.725. The second kappa shape index (κ2) is 4.64. The fraction of sp³-hybridized carbons (Fsp3) is 0.667. The van der Waals surface area contributed by atoms with Gasteiger partial charge in [-0.25, -0.2) is 0 Å². The van der Waals surface area contributed by atoms with Crippen molar-refractivity contribution in [3.63, 3.8) is 0 Å². The van der Waals surface area contributed by atoms with E-state index >= 15 is 0 Å². The van der Waals surface area contributed by atoms with E-state index in [9.17, 15) is 0 Å². The number of aromatic nitrogens is 6. The predicted molar refractivity (Wildman–Crippen MR) is 75.8 cm³/mol. The van der Waals surface area contributed by atoms with Gasteiger partial charge in [-0.1, -0.05) is 0 Å². The van der Waals surface area contributed by atoms with Gasteiger partial charge in [0.1, 0.15) is 6.54 Å². The van der Waals surface area contributed by atoms with Crippen LogP contribution in [0.2, 0.25) is 0 Å². The lowest BCUT2D eigenvalue weighted by molar-refractivity contribution is 0.00578. The molecule has 2 aromatic heterocycles. The molecular weight excluding hydrogens is 271 g/mol. The Morgan fingerprint density at radius 1 is 1.19 bits per heavy atom. The summed E-state index contributed by atoms with van der Waals surface area (Å²) in [6.45, 7) is 8.58. The van der Waals surface area contributed by atoms with Crippen LogP contribution < -0.4 is 5.46 Å². The van der Waals surface area contributed by atoms with Crippen LogP contribution in [-0.2, 0) is 22.9 Å². The monoisotopic (exact) mass is 290 g/mol. The number of hydrogen-bond donors (Lipinski definition) is 0. The number of tetrazole rings is 1. The molecule has 1 saturated heterocycles. The Hall–Kier alpha value is -1.74. The van der Waals surface area contributed by atoms with E-state index in [-0.39, 0.29) is 11.2 Å². The van der Waals surface area contributed by atoms with E-state index in [0.717, 1.165) is 5.46 Å². The minimum atomic E-state index is -0.404. The SMILES string of the molecule is Cn1nnc(Cn2cc(B3OC(C)(C)C(C)(C)O3)cn2)n1. The molecule has 0 saturated carbocycles. The zero-order chi connectivity index (χ0) is 15.3. The summed E-state index contributed by atoms with van der Waals surface area (Å²) in [5.41, 5.74) is 0.177. The summed E-state index contributed by atoms with van der Waals surface area (Å²) in [4.78, 5) is 1.42. The van der Waals surface area contributed by atoms with Crippen molar-refractivity contribution in [2.75, 3.05) is 0 Å². The average Bonchev–Trinajstić information content (AvgIpc) is 3.01. The Morgan fingerprint density at radius 2 is 1.86 bits per heavy atom. The summed E-state index contributed by atoms with van der Waals surface area (Å²) in [7, 11) is 1.33. The molecule has 0 aromatic carbocycles. The van der Waals surface area contributed by atoms with E-state index in [1.807, 2.05) is 33.9 Å². The van der Waals surface area contributed by atoms with E-state index in [4.69, 9.17) is 9.31 Å². The third kappa shape index (κ3) is 2.58. The Kier molecular flexibility index (Phi) is 3.14. The van der Waals surface area contributed by atoms with Gasteiger partial charge in [0.25, 0.3) is 0 Å². The van der Waals surface area contributed by atoms with Gasteiger partial charge in [-0.2, -0.15) is 9.90 Å². The van der Waals surface area contributed by atoms with Crippen LogP contribution in [0.3, 0.4) is 0 Å². The maximum Gasteiger partial charge on any atom is 0.498 e. The van der Waals surface area contributed by atoms with Crippen molar-refractivity contribution in [2.24, 2.45) is 7.05 Å². The fourth-order valence-electron chi connectivity index (χ4n) is 2.10. The Morgan fingerprint density at radius 3 is 2.43 bits per heavy atom. The van der Waals surface area contributed by atoms with Crippen LogP contribution in [0.15, 0.2) is 12.4 Å². The van der Waals surface area contributed by atoms with Crippen LogP contribution in [-0.4, -0.2) is 48.3 Å². The Balaban J connectivity index is 1.74. The highest BCUT2D eigenvalue weighted by molar-refractivity contribution is 6.61. The maximum absolute atomic E-state index is 5.99.